The topological polar surface area (TPSA) is 88.5 Å². The van der Waals surface area contributed by atoms with E-state index in [0.717, 1.165) is 22.2 Å². The Labute approximate surface area is 155 Å². The summed E-state index contributed by atoms with van der Waals surface area (Å²) >= 11 is 0. The highest BCUT2D eigenvalue weighted by Crippen LogP contribution is 2.34. The smallest absolute Gasteiger partial charge is 0.142 e. The van der Waals surface area contributed by atoms with Gasteiger partial charge in [-0.2, -0.15) is 5.26 Å². The first kappa shape index (κ1) is 16.6. The van der Waals surface area contributed by atoms with Crippen LogP contribution < -0.4 is 5.73 Å². The summed E-state index contributed by atoms with van der Waals surface area (Å²) in [6.45, 7) is 1.91. The van der Waals surface area contributed by atoms with Gasteiger partial charge in [-0.25, -0.2) is 19.3 Å². The number of fused-ring (bicyclic) bond motifs is 1. The van der Waals surface area contributed by atoms with E-state index >= 15 is 0 Å². The number of nitrogens with two attached hydrogens (primary N) is 1. The molecule has 0 aliphatic heterocycles. The zero-order valence-electron chi connectivity index (χ0n) is 14.4. The Morgan fingerprint density at radius 1 is 1.04 bits per heavy atom. The second-order valence-corrected chi connectivity index (χ2v) is 6.13. The lowest BCUT2D eigenvalue weighted by molar-refractivity contribution is 0.628. The molecule has 6 heteroatoms. The van der Waals surface area contributed by atoms with Gasteiger partial charge in [-0.15, -0.1) is 0 Å². The lowest BCUT2D eigenvalue weighted by atomic mass is 9.96. The van der Waals surface area contributed by atoms with Gasteiger partial charge < -0.3 is 5.73 Å². The van der Waals surface area contributed by atoms with E-state index in [1.165, 1.54) is 18.5 Å². The first-order valence-electron chi connectivity index (χ1n) is 8.25. The van der Waals surface area contributed by atoms with Gasteiger partial charge >= 0.3 is 0 Å². The normalized spacial score (nSPS) is 10.7. The van der Waals surface area contributed by atoms with Crippen LogP contribution in [0.1, 0.15) is 11.3 Å². The van der Waals surface area contributed by atoms with Crippen LogP contribution in [0.15, 0.2) is 54.9 Å². The van der Waals surface area contributed by atoms with Crippen LogP contribution in [0, 0.1) is 24.1 Å². The van der Waals surface area contributed by atoms with Gasteiger partial charge in [0.25, 0.3) is 0 Å². The van der Waals surface area contributed by atoms with E-state index in [-0.39, 0.29) is 17.2 Å². The number of benzene rings is 2. The number of rotatable bonds is 2. The number of nitriles is 1. The van der Waals surface area contributed by atoms with E-state index in [0.29, 0.717) is 16.8 Å². The summed E-state index contributed by atoms with van der Waals surface area (Å²) in [6.07, 6.45) is 1.52. The van der Waals surface area contributed by atoms with Crippen LogP contribution in [0.25, 0.3) is 33.3 Å². The average Bonchev–Trinajstić information content (AvgIpc) is 2.68. The minimum absolute atomic E-state index is 0.112. The van der Waals surface area contributed by atoms with Crippen LogP contribution in [0.5, 0.6) is 0 Å². The molecule has 0 saturated carbocycles. The Bertz CT molecular complexity index is 1230. The largest absolute Gasteiger partial charge is 0.383 e. The summed E-state index contributed by atoms with van der Waals surface area (Å²) in [5.74, 6) is -0.258. The predicted molar refractivity (Wildman–Crippen MR) is 102 cm³/mol. The second-order valence-electron chi connectivity index (χ2n) is 6.13. The summed E-state index contributed by atoms with van der Waals surface area (Å²) in [5, 5.41) is 10.3. The lowest BCUT2D eigenvalue weighted by Gasteiger charge is -2.12. The van der Waals surface area contributed by atoms with Crippen molar-refractivity contribution >= 4 is 16.7 Å². The quantitative estimate of drug-likeness (QED) is 0.580. The average molecular weight is 355 g/mol. The van der Waals surface area contributed by atoms with Crippen LogP contribution >= 0.6 is 0 Å². The fourth-order valence-corrected chi connectivity index (χ4v) is 3.05. The van der Waals surface area contributed by atoms with Gasteiger partial charge in [-0.3, -0.25) is 0 Å². The number of anilines is 1. The van der Waals surface area contributed by atoms with E-state index in [9.17, 15) is 9.65 Å². The van der Waals surface area contributed by atoms with Crippen LogP contribution in [-0.2, 0) is 0 Å². The first-order valence-corrected chi connectivity index (χ1v) is 8.25. The van der Waals surface area contributed by atoms with Crippen LogP contribution in [0.2, 0.25) is 0 Å². The molecule has 0 bridgehead atoms. The van der Waals surface area contributed by atoms with Gasteiger partial charge in [-0.1, -0.05) is 18.2 Å². The Morgan fingerprint density at radius 3 is 2.67 bits per heavy atom. The van der Waals surface area contributed by atoms with Gasteiger partial charge in [0.1, 0.15) is 24.0 Å². The van der Waals surface area contributed by atoms with Crippen molar-refractivity contribution in [1.82, 2.24) is 15.0 Å². The van der Waals surface area contributed by atoms with Crippen molar-refractivity contribution in [2.45, 2.75) is 6.92 Å². The summed E-state index contributed by atoms with van der Waals surface area (Å²) in [6, 6.07) is 15.6. The first-order chi connectivity index (χ1) is 13.1. The monoisotopic (exact) mass is 355 g/mol. The molecule has 0 radical (unpaired) electrons. The van der Waals surface area contributed by atoms with Crippen molar-refractivity contribution in [3.05, 3.63) is 71.9 Å². The van der Waals surface area contributed by atoms with Crippen molar-refractivity contribution in [1.29, 1.82) is 5.26 Å². The van der Waals surface area contributed by atoms with E-state index in [1.807, 2.05) is 25.1 Å². The number of halogens is 1. The standard InChI is InChI=1S/C21H14FN5/c1-12-17-8-13(5-6-19(17)26-11-25-12)18-9-15(10-23)21(24)27-20(18)14-3-2-4-16(22)7-14/h2-9,11H,1H3,(H2,24,27). The molecule has 2 aromatic heterocycles. The number of aryl methyl sites for hydroxylation is 1. The maximum Gasteiger partial charge on any atom is 0.142 e. The van der Waals surface area contributed by atoms with Gasteiger partial charge in [0, 0.05) is 22.2 Å². The van der Waals surface area contributed by atoms with E-state index < -0.39 is 0 Å². The van der Waals surface area contributed by atoms with E-state index in [2.05, 4.69) is 21.0 Å². The molecule has 0 atom stereocenters. The molecule has 27 heavy (non-hydrogen) atoms. The molecular formula is C21H14FN5. The van der Waals surface area contributed by atoms with Gasteiger partial charge in [0.2, 0.25) is 0 Å². The molecule has 0 aliphatic rings. The highest BCUT2D eigenvalue weighted by Gasteiger charge is 2.15. The minimum Gasteiger partial charge on any atom is -0.383 e. The third-order valence-corrected chi connectivity index (χ3v) is 4.42. The number of hydrogen-bond donors (Lipinski definition) is 1. The number of pyridine rings is 1. The maximum absolute atomic E-state index is 13.8. The zero-order chi connectivity index (χ0) is 19.0. The summed E-state index contributed by atoms with van der Waals surface area (Å²) in [7, 11) is 0. The minimum atomic E-state index is -0.370. The van der Waals surface area contributed by atoms with Crippen LogP contribution in [0.3, 0.4) is 0 Å². The third kappa shape index (κ3) is 2.96. The van der Waals surface area contributed by atoms with Crippen LogP contribution in [0.4, 0.5) is 10.2 Å². The Morgan fingerprint density at radius 2 is 1.89 bits per heavy atom. The second kappa shape index (κ2) is 6.46. The molecule has 0 spiro atoms. The molecule has 2 N–H and O–H groups in total. The Kier molecular flexibility index (Phi) is 3.98. The van der Waals surface area contributed by atoms with Crippen LogP contribution in [-0.4, -0.2) is 15.0 Å². The SMILES string of the molecule is Cc1ncnc2ccc(-c3cc(C#N)c(N)nc3-c3cccc(F)c3)cc12. The van der Waals surface area contributed by atoms with Gasteiger partial charge in [0.05, 0.1) is 16.8 Å². The van der Waals surface area contributed by atoms with Gasteiger partial charge in [-0.05, 0) is 42.8 Å². The molecule has 0 fully saturated rings. The van der Waals surface area contributed by atoms with Crippen molar-refractivity contribution in [3.8, 4) is 28.5 Å². The Balaban J connectivity index is 2.02. The number of aromatic nitrogens is 3. The van der Waals surface area contributed by atoms with E-state index in [4.69, 9.17) is 5.73 Å². The van der Waals surface area contributed by atoms with Crippen molar-refractivity contribution < 1.29 is 4.39 Å². The molecule has 0 aliphatic carbocycles. The molecule has 4 aromatic rings. The maximum atomic E-state index is 13.8. The highest BCUT2D eigenvalue weighted by atomic mass is 19.1. The molecule has 2 aromatic carbocycles. The molecule has 4 rings (SSSR count). The summed E-state index contributed by atoms with van der Waals surface area (Å²) in [4.78, 5) is 12.9. The number of hydrogen-bond acceptors (Lipinski definition) is 5. The fourth-order valence-electron chi connectivity index (χ4n) is 3.05. The summed E-state index contributed by atoms with van der Waals surface area (Å²) < 4.78 is 13.8. The van der Waals surface area contributed by atoms with Crippen molar-refractivity contribution in [3.63, 3.8) is 0 Å². The third-order valence-electron chi connectivity index (χ3n) is 4.42. The van der Waals surface area contributed by atoms with Gasteiger partial charge in [0.15, 0.2) is 0 Å². The fraction of sp³-hybridized carbons (Fsp3) is 0.0476. The molecule has 5 nitrogen and oxygen atoms in total. The van der Waals surface area contributed by atoms with Crippen molar-refractivity contribution in [2.75, 3.05) is 5.73 Å². The zero-order valence-corrected chi connectivity index (χ0v) is 14.4. The molecule has 0 saturated heterocycles. The van der Waals surface area contributed by atoms with Crippen molar-refractivity contribution in [2.24, 2.45) is 0 Å². The molecule has 0 unspecified atom stereocenters. The highest BCUT2D eigenvalue weighted by molar-refractivity contribution is 5.90. The molecular weight excluding hydrogens is 341 g/mol. The van der Waals surface area contributed by atoms with E-state index in [1.54, 1.807) is 18.2 Å². The molecule has 0 amide bonds. The number of nitrogen functional groups attached to an aromatic ring is 1. The number of nitrogens with zero attached hydrogens (tertiary/aromatic N) is 4. The molecule has 2 heterocycles. The predicted octanol–water partition coefficient (Wildman–Crippen LogP) is 4.26. The lowest BCUT2D eigenvalue weighted by Crippen LogP contribution is -2.00. The summed E-state index contributed by atoms with van der Waals surface area (Å²) in [5.41, 5.74) is 10.5. The Hall–Kier alpha value is -3.85. The molecule has 130 valence electrons.